The van der Waals surface area contributed by atoms with Gasteiger partial charge in [-0.05, 0) is 25.1 Å². The molecule has 1 aromatic heterocycles. The lowest BCUT2D eigenvalue weighted by Crippen LogP contribution is -2.51. The summed E-state index contributed by atoms with van der Waals surface area (Å²) < 4.78 is 24.6. The van der Waals surface area contributed by atoms with Gasteiger partial charge < -0.3 is 19.1 Å². The fourth-order valence-electron chi connectivity index (χ4n) is 4.53. The SMILES string of the molecule is CC(=O)N(NCc1cccc(F)c1Cl)[C@@H](CCC(=O)N1CCN(C)CC1)COC(=O)Nc1cc(-c2ccccc2)no1. The minimum atomic E-state index is -0.821. The monoisotopic (exact) mass is 600 g/mol. The number of carbonyl (C=O) groups excluding carboxylic acids is 3. The number of aromatic nitrogens is 1. The Hall–Kier alpha value is -4.00. The van der Waals surface area contributed by atoms with Crippen LogP contribution < -0.4 is 10.7 Å². The van der Waals surface area contributed by atoms with Gasteiger partial charge in [-0.15, -0.1) is 0 Å². The quantitative estimate of drug-likeness (QED) is 0.315. The van der Waals surface area contributed by atoms with Crippen molar-refractivity contribution in [2.75, 3.05) is 45.2 Å². The van der Waals surface area contributed by atoms with E-state index < -0.39 is 18.0 Å². The second kappa shape index (κ2) is 14.8. The molecule has 224 valence electrons. The summed E-state index contributed by atoms with van der Waals surface area (Å²) in [4.78, 5) is 42.2. The minimum Gasteiger partial charge on any atom is -0.447 e. The molecule has 1 fully saturated rings. The Morgan fingerprint density at radius 3 is 2.57 bits per heavy atom. The molecule has 2 aromatic carbocycles. The molecular formula is C29H34ClFN6O5. The van der Waals surface area contributed by atoms with Gasteiger partial charge in [0.25, 0.3) is 0 Å². The fourth-order valence-corrected chi connectivity index (χ4v) is 4.72. The van der Waals surface area contributed by atoms with Gasteiger partial charge in [0.2, 0.25) is 17.7 Å². The number of piperazine rings is 1. The Labute approximate surface area is 248 Å². The average Bonchev–Trinajstić information content (AvgIpc) is 3.45. The topological polar surface area (TPSA) is 120 Å². The molecular weight excluding hydrogens is 567 g/mol. The summed E-state index contributed by atoms with van der Waals surface area (Å²) in [5.74, 6) is -0.930. The predicted octanol–water partition coefficient (Wildman–Crippen LogP) is 4.16. The van der Waals surface area contributed by atoms with Gasteiger partial charge in [-0.1, -0.05) is 59.2 Å². The fraction of sp³-hybridized carbons (Fsp3) is 0.379. The molecule has 1 aliphatic rings. The van der Waals surface area contributed by atoms with E-state index in [1.165, 1.54) is 24.1 Å². The first kappa shape index (κ1) is 30.9. The highest BCUT2D eigenvalue weighted by Gasteiger charge is 2.27. The van der Waals surface area contributed by atoms with Crippen LogP contribution in [0.5, 0.6) is 0 Å². The van der Waals surface area contributed by atoms with E-state index in [0.717, 1.165) is 18.7 Å². The molecule has 1 atom stereocenters. The van der Waals surface area contributed by atoms with Crippen LogP contribution in [-0.2, 0) is 20.9 Å². The number of hydrogen-bond acceptors (Lipinski definition) is 8. The number of likely N-dealkylation sites (N-methyl/N-ethyl adjacent to an activating group) is 1. The highest BCUT2D eigenvalue weighted by molar-refractivity contribution is 6.31. The Balaban J connectivity index is 1.41. The number of nitrogens with zero attached hydrogens (tertiary/aromatic N) is 4. The van der Waals surface area contributed by atoms with Gasteiger partial charge >= 0.3 is 6.09 Å². The van der Waals surface area contributed by atoms with E-state index in [1.54, 1.807) is 17.0 Å². The third kappa shape index (κ3) is 8.51. The van der Waals surface area contributed by atoms with Crippen molar-refractivity contribution in [2.24, 2.45) is 0 Å². The van der Waals surface area contributed by atoms with E-state index in [1.807, 2.05) is 37.4 Å². The molecule has 0 unspecified atom stereocenters. The summed E-state index contributed by atoms with van der Waals surface area (Å²) in [5.41, 5.74) is 4.76. The zero-order valence-corrected chi connectivity index (χ0v) is 24.3. The lowest BCUT2D eigenvalue weighted by atomic mass is 10.1. The van der Waals surface area contributed by atoms with Crippen molar-refractivity contribution in [1.82, 2.24) is 25.4 Å². The van der Waals surface area contributed by atoms with E-state index in [-0.39, 0.29) is 48.7 Å². The van der Waals surface area contributed by atoms with Gasteiger partial charge in [0.05, 0.1) is 11.1 Å². The van der Waals surface area contributed by atoms with Crippen molar-refractivity contribution < 1.29 is 28.0 Å². The van der Waals surface area contributed by atoms with Crippen molar-refractivity contribution >= 4 is 35.4 Å². The van der Waals surface area contributed by atoms with Crippen molar-refractivity contribution in [3.05, 3.63) is 71.0 Å². The van der Waals surface area contributed by atoms with E-state index in [9.17, 15) is 18.8 Å². The van der Waals surface area contributed by atoms with Crippen molar-refractivity contribution in [3.63, 3.8) is 0 Å². The van der Waals surface area contributed by atoms with Crippen LogP contribution in [0.25, 0.3) is 11.3 Å². The molecule has 1 aliphatic heterocycles. The number of amides is 3. The third-order valence-electron chi connectivity index (χ3n) is 6.94. The average molecular weight is 601 g/mol. The largest absolute Gasteiger partial charge is 0.447 e. The minimum absolute atomic E-state index is 0.0333. The molecule has 0 bridgehead atoms. The van der Waals surface area contributed by atoms with Crippen LogP contribution in [0, 0.1) is 5.82 Å². The van der Waals surface area contributed by atoms with Gasteiger partial charge in [0.1, 0.15) is 18.1 Å². The van der Waals surface area contributed by atoms with Gasteiger partial charge in [0.15, 0.2) is 0 Å². The summed E-state index contributed by atoms with van der Waals surface area (Å²) in [6.45, 7) is 3.94. The number of benzene rings is 2. The van der Waals surface area contributed by atoms with E-state index in [2.05, 4.69) is 20.8 Å². The van der Waals surface area contributed by atoms with Crippen LogP contribution in [0.1, 0.15) is 25.3 Å². The lowest BCUT2D eigenvalue weighted by molar-refractivity contribution is -0.139. The molecule has 3 amide bonds. The van der Waals surface area contributed by atoms with Gasteiger partial charge in [0, 0.05) is 57.7 Å². The second-order valence-electron chi connectivity index (χ2n) is 9.98. The van der Waals surface area contributed by atoms with E-state index >= 15 is 0 Å². The Morgan fingerprint density at radius 2 is 1.86 bits per heavy atom. The van der Waals surface area contributed by atoms with Crippen LogP contribution in [0.3, 0.4) is 0 Å². The zero-order valence-electron chi connectivity index (χ0n) is 23.5. The molecule has 0 saturated carbocycles. The van der Waals surface area contributed by atoms with Crippen molar-refractivity contribution in [1.29, 1.82) is 0 Å². The summed E-state index contributed by atoms with van der Waals surface area (Å²) in [6, 6.07) is 14.5. The van der Waals surface area contributed by atoms with Crippen molar-refractivity contribution in [3.8, 4) is 11.3 Å². The molecule has 0 radical (unpaired) electrons. The smallest absolute Gasteiger partial charge is 0.414 e. The molecule has 2 heterocycles. The first-order valence-electron chi connectivity index (χ1n) is 13.6. The van der Waals surface area contributed by atoms with Crippen LogP contribution in [-0.4, -0.2) is 83.7 Å². The summed E-state index contributed by atoms with van der Waals surface area (Å²) in [5, 5.41) is 7.68. The number of carbonyl (C=O) groups is 3. The van der Waals surface area contributed by atoms with Crippen LogP contribution in [0.2, 0.25) is 5.02 Å². The second-order valence-corrected chi connectivity index (χ2v) is 10.4. The van der Waals surface area contributed by atoms with Crippen LogP contribution in [0.15, 0.2) is 59.1 Å². The van der Waals surface area contributed by atoms with Crippen LogP contribution >= 0.6 is 11.6 Å². The Bertz CT molecular complexity index is 1370. The number of halogens is 2. The van der Waals surface area contributed by atoms with Crippen molar-refractivity contribution in [2.45, 2.75) is 32.4 Å². The first-order valence-corrected chi connectivity index (χ1v) is 14.0. The molecule has 42 heavy (non-hydrogen) atoms. The first-order chi connectivity index (χ1) is 20.2. The Morgan fingerprint density at radius 1 is 1.12 bits per heavy atom. The molecule has 2 N–H and O–H groups in total. The summed E-state index contributed by atoms with van der Waals surface area (Å²) in [7, 11) is 2.00. The number of hydrogen-bond donors (Lipinski definition) is 2. The number of anilines is 1. The number of ether oxygens (including phenoxy) is 1. The highest BCUT2D eigenvalue weighted by Crippen LogP contribution is 2.22. The molecule has 0 aliphatic carbocycles. The number of hydrazine groups is 1. The predicted molar refractivity (Wildman–Crippen MR) is 155 cm³/mol. The summed E-state index contributed by atoms with van der Waals surface area (Å²) >= 11 is 6.09. The van der Waals surface area contributed by atoms with E-state index in [4.69, 9.17) is 20.9 Å². The molecule has 0 spiro atoms. The third-order valence-corrected chi connectivity index (χ3v) is 7.36. The molecule has 13 heteroatoms. The van der Waals surface area contributed by atoms with Gasteiger partial charge in [-0.25, -0.2) is 14.6 Å². The van der Waals surface area contributed by atoms with Gasteiger partial charge in [-0.2, -0.15) is 0 Å². The highest BCUT2D eigenvalue weighted by atomic mass is 35.5. The lowest BCUT2D eigenvalue weighted by Gasteiger charge is -2.34. The molecule has 1 saturated heterocycles. The maximum absolute atomic E-state index is 14.0. The Kier molecular flexibility index (Phi) is 10.9. The summed E-state index contributed by atoms with van der Waals surface area (Å²) in [6.07, 6.45) is -0.478. The van der Waals surface area contributed by atoms with Gasteiger partial charge in [-0.3, -0.25) is 19.9 Å². The van der Waals surface area contributed by atoms with E-state index in [0.29, 0.717) is 24.3 Å². The molecule has 4 rings (SSSR count). The standard InChI is InChI=1S/C29H34ClFN6O5/c1-20(38)37(32-18-22-9-6-10-24(31)28(22)30)23(11-12-27(39)36-15-13-35(2)14-16-36)19-41-29(40)33-26-17-25(34-42-26)21-7-4-3-5-8-21/h3-10,17,23,32H,11-16,18-19H2,1-2H3,(H,33,40)/t23-/m0/s1. The maximum Gasteiger partial charge on any atom is 0.414 e. The molecule has 3 aromatic rings. The van der Waals surface area contributed by atoms with Crippen LogP contribution in [0.4, 0.5) is 15.1 Å². The normalized spacial score (nSPS) is 14.3. The maximum atomic E-state index is 14.0. The molecule has 11 nitrogen and oxygen atoms in total. The zero-order chi connectivity index (χ0) is 30.1. The number of rotatable bonds is 11. The number of nitrogens with one attached hydrogen (secondary N) is 2.